The van der Waals surface area contributed by atoms with E-state index in [0.29, 0.717) is 18.7 Å². The smallest absolute Gasteiger partial charge is 0.258 e. The first kappa shape index (κ1) is 21.2. The van der Waals surface area contributed by atoms with Crippen molar-refractivity contribution < 1.29 is 9.90 Å². The van der Waals surface area contributed by atoms with Crippen molar-refractivity contribution in [3.05, 3.63) is 75.7 Å². The normalized spacial score (nSPS) is 27.3. The summed E-state index contributed by atoms with van der Waals surface area (Å²) in [5.41, 5.74) is 2.68. The Labute approximate surface area is 188 Å². The Hall–Kier alpha value is -2.70. The van der Waals surface area contributed by atoms with Gasteiger partial charge in [-0.1, -0.05) is 42.5 Å². The van der Waals surface area contributed by atoms with Crippen molar-refractivity contribution in [3.8, 4) is 0 Å². The average molecular weight is 434 g/mol. The lowest BCUT2D eigenvalue weighted by atomic mass is 9.85. The number of benzene rings is 1. The van der Waals surface area contributed by atoms with Crippen molar-refractivity contribution in [1.29, 1.82) is 0 Å². The van der Waals surface area contributed by atoms with Gasteiger partial charge in [0, 0.05) is 49.0 Å². The number of nitrogens with one attached hydrogen (secondary N) is 1. The summed E-state index contributed by atoms with van der Waals surface area (Å²) in [6, 6.07) is 14.0. The molecule has 3 heterocycles. The lowest BCUT2D eigenvalue weighted by molar-refractivity contribution is -0.128. The summed E-state index contributed by atoms with van der Waals surface area (Å²) in [5.74, 6) is -0.582. The standard InChI is InChI=1S/C26H31N3O3/c1-2-7-18-12-13-21-24-23(25(31)27-19-10-6-11-19)20(16-30)22(15-29(21)26(18)32)28(24)14-17-8-4-3-5-9-17/h2-5,7-9,12-13,19-20,22-24,30H,6,10-11,14-16H2,1H3,(H,27,31)/b7-2+/t20-,22-,23+,24+/m1/s1. The Kier molecular flexibility index (Phi) is 5.74. The van der Waals surface area contributed by atoms with E-state index in [0.717, 1.165) is 25.0 Å². The highest BCUT2D eigenvalue weighted by atomic mass is 16.3. The van der Waals surface area contributed by atoms with Gasteiger partial charge in [-0.25, -0.2) is 0 Å². The zero-order valence-electron chi connectivity index (χ0n) is 18.5. The Balaban J connectivity index is 1.58. The van der Waals surface area contributed by atoms with Gasteiger partial charge in [-0.3, -0.25) is 14.5 Å². The molecule has 5 rings (SSSR count). The minimum absolute atomic E-state index is 0.0118. The quantitative estimate of drug-likeness (QED) is 0.735. The monoisotopic (exact) mass is 433 g/mol. The van der Waals surface area contributed by atoms with Gasteiger partial charge in [0.25, 0.3) is 5.56 Å². The van der Waals surface area contributed by atoms with Crippen LogP contribution >= 0.6 is 0 Å². The molecule has 2 fully saturated rings. The molecule has 32 heavy (non-hydrogen) atoms. The maximum absolute atomic E-state index is 13.5. The van der Waals surface area contributed by atoms with Gasteiger partial charge in [-0.15, -0.1) is 0 Å². The summed E-state index contributed by atoms with van der Waals surface area (Å²) in [6.45, 7) is 3.00. The zero-order valence-corrected chi connectivity index (χ0v) is 18.5. The number of aromatic nitrogens is 1. The SMILES string of the molecule is C/C=C/c1ccc2n(c1=O)C[C@@H]1[C@@H](CO)[C@H](C(=O)NC3CCC3)[C@H]2N1Cc1ccccc1. The highest BCUT2D eigenvalue weighted by Crippen LogP contribution is 2.49. The van der Waals surface area contributed by atoms with Crippen LogP contribution in [0.3, 0.4) is 0 Å². The van der Waals surface area contributed by atoms with E-state index in [4.69, 9.17) is 0 Å². The van der Waals surface area contributed by atoms with Crippen LogP contribution in [-0.4, -0.2) is 39.2 Å². The fourth-order valence-corrected chi connectivity index (χ4v) is 5.71. The molecule has 1 amide bonds. The van der Waals surface area contributed by atoms with Gasteiger partial charge in [0.1, 0.15) is 0 Å². The molecule has 1 saturated heterocycles. The number of carbonyl (C=O) groups excluding carboxylic acids is 1. The molecule has 1 aromatic carbocycles. The van der Waals surface area contributed by atoms with Crippen molar-refractivity contribution in [2.75, 3.05) is 6.61 Å². The highest BCUT2D eigenvalue weighted by Gasteiger charge is 2.55. The minimum atomic E-state index is -0.380. The third-order valence-corrected chi connectivity index (χ3v) is 7.51. The van der Waals surface area contributed by atoms with Gasteiger partial charge in [0.05, 0.1) is 12.0 Å². The van der Waals surface area contributed by atoms with E-state index >= 15 is 0 Å². The van der Waals surface area contributed by atoms with Gasteiger partial charge in [-0.2, -0.15) is 0 Å². The van der Waals surface area contributed by atoms with Crippen molar-refractivity contribution in [1.82, 2.24) is 14.8 Å². The molecule has 1 aromatic heterocycles. The molecule has 2 N–H and O–H groups in total. The van der Waals surface area contributed by atoms with E-state index in [1.807, 2.05) is 54.0 Å². The molecule has 2 bridgehead atoms. The number of aliphatic hydroxyl groups is 1. The molecule has 2 aromatic rings. The highest BCUT2D eigenvalue weighted by molar-refractivity contribution is 5.81. The fourth-order valence-electron chi connectivity index (χ4n) is 5.71. The molecule has 3 aliphatic rings. The number of rotatable bonds is 6. The van der Waals surface area contributed by atoms with Crippen LogP contribution in [0.25, 0.3) is 6.08 Å². The van der Waals surface area contributed by atoms with Gasteiger partial charge < -0.3 is 15.0 Å². The Morgan fingerprint density at radius 2 is 1.97 bits per heavy atom. The molecule has 0 spiro atoms. The van der Waals surface area contributed by atoms with Crippen LogP contribution in [-0.2, 0) is 17.9 Å². The summed E-state index contributed by atoms with van der Waals surface area (Å²) in [7, 11) is 0. The van der Waals surface area contributed by atoms with Crippen LogP contribution < -0.4 is 10.9 Å². The van der Waals surface area contributed by atoms with Crippen molar-refractivity contribution >= 4 is 12.0 Å². The lowest BCUT2D eigenvalue weighted by Crippen LogP contribution is -2.47. The first-order valence-corrected chi connectivity index (χ1v) is 11.7. The summed E-state index contributed by atoms with van der Waals surface area (Å²) >= 11 is 0. The Morgan fingerprint density at radius 1 is 1.19 bits per heavy atom. The van der Waals surface area contributed by atoms with Crippen LogP contribution in [0.1, 0.15) is 49.0 Å². The minimum Gasteiger partial charge on any atom is -0.396 e. The molecule has 6 heteroatoms. The molecule has 2 aliphatic heterocycles. The van der Waals surface area contributed by atoms with E-state index < -0.39 is 0 Å². The van der Waals surface area contributed by atoms with E-state index in [-0.39, 0.29) is 48.0 Å². The molecule has 0 unspecified atom stereocenters. The molecule has 4 atom stereocenters. The summed E-state index contributed by atoms with van der Waals surface area (Å²) in [5, 5.41) is 13.6. The predicted molar refractivity (Wildman–Crippen MR) is 124 cm³/mol. The molecular formula is C26H31N3O3. The second-order valence-electron chi connectivity index (χ2n) is 9.31. The second kappa shape index (κ2) is 8.68. The number of aliphatic hydroxyl groups excluding tert-OH is 1. The number of hydrogen-bond donors (Lipinski definition) is 2. The van der Waals surface area contributed by atoms with Crippen LogP contribution in [0.4, 0.5) is 0 Å². The number of amides is 1. The molecule has 168 valence electrons. The van der Waals surface area contributed by atoms with Crippen LogP contribution in [0.5, 0.6) is 0 Å². The first-order valence-electron chi connectivity index (χ1n) is 11.7. The number of pyridine rings is 1. The van der Waals surface area contributed by atoms with Crippen molar-refractivity contribution in [2.45, 2.75) is 57.4 Å². The van der Waals surface area contributed by atoms with Crippen molar-refractivity contribution in [3.63, 3.8) is 0 Å². The second-order valence-corrected chi connectivity index (χ2v) is 9.31. The number of fused-ring (bicyclic) bond motifs is 4. The first-order chi connectivity index (χ1) is 15.6. The average Bonchev–Trinajstić information content (AvgIpc) is 2.98. The van der Waals surface area contributed by atoms with Crippen LogP contribution in [0, 0.1) is 11.8 Å². The molecule has 0 radical (unpaired) electrons. The van der Waals surface area contributed by atoms with Crippen LogP contribution in [0.15, 0.2) is 53.3 Å². The van der Waals surface area contributed by atoms with E-state index in [9.17, 15) is 14.7 Å². The maximum atomic E-state index is 13.5. The van der Waals surface area contributed by atoms with Gasteiger partial charge in [0.15, 0.2) is 0 Å². The number of hydrogen-bond acceptors (Lipinski definition) is 4. The predicted octanol–water partition coefficient (Wildman–Crippen LogP) is 2.71. The molecular weight excluding hydrogens is 402 g/mol. The zero-order chi connectivity index (χ0) is 22.2. The van der Waals surface area contributed by atoms with E-state index in [2.05, 4.69) is 22.3 Å². The van der Waals surface area contributed by atoms with Crippen molar-refractivity contribution in [2.24, 2.45) is 11.8 Å². The number of allylic oxidation sites excluding steroid dienone is 1. The van der Waals surface area contributed by atoms with Gasteiger partial charge in [0.2, 0.25) is 5.91 Å². The largest absolute Gasteiger partial charge is 0.396 e. The fraction of sp³-hybridized carbons (Fsp3) is 0.462. The molecule has 6 nitrogen and oxygen atoms in total. The van der Waals surface area contributed by atoms with Gasteiger partial charge >= 0.3 is 0 Å². The van der Waals surface area contributed by atoms with E-state index in [1.54, 1.807) is 0 Å². The summed E-state index contributed by atoms with van der Waals surface area (Å²) < 4.78 is 1.84. The third-order valence-electron chi connectivity index (χ3n) is 7.51. The van der Waals surface area contributed by atoms with Crippen LogP contribution in [0.2, 0.25) is 0 Å². The lowest BCUT2D eigenvalue weighted by Gasteiger charge is -2.38. The molecule has 1 saturated carbocycles. The summed E-state index contributed by atoms with van der Waals surface area (Å²) in [6.07, 6.45) is 6.89. The number of carbonyl (C=O) groups is 1. The molecule has 1 aliphatic carbocycles. The topological polar surface area (TPSA) is 74.6 Å². The Bertz CT molecular complexity index is 1070. The third kappa shape index (κ3) is 3.51. The summed E-state index contributed by atoms with van der Waals surface area (Å²) in [4.78, 5) is 29.0. The van der Waals surface area contributed by atoms with E-state index in [1.165, 1.54) is 5.56 Å². The maximum Gasteiger partial charge on any atom is 0.258 e. The van der Waals surface area contributed by atoms with Gasteiger partial charge in [-0.05, 0) is 43.9 Å². The Morgan fingerprint density at radius 3 is 2.62 bits per heavy atom. The number of nitrogens with zero attached hydrogens (tertiary/aromatic N) is 2.